The second-order valence-electron chi connectivity index (χ2n) is 8.50. The number of imide groups is 2. The lowest BCUT2D eigenvalue weighted by molar-refractivity contribution is -0.122. The Bertz CT molecular complexity index is 1470. The number of barbiturate groups is 1. The Kier molecular flexibility index (Phi) is 7.52. The molecule has 9 nitrogen and oxygen atoms in total. The van der Waals surface area contributed by atoms with Crippen molar-refractivity contribution < 1.29 is 33.0 Å². The highest BCUT2D eigenvalue weighted by Gasteiger charge is 2.36. The molecule has 3 aromatic rings. The summed E-state index contributed by atoms with van der Waals surface area (Å²) in [4.78, 5) is 50.9. The van der Waals surface area contributed by atoms with Crippen LogP contribution in [0.1, 0.15) is 16.7 Å². The van der Waals surface area contributed by atoms with E-state index in [4.69, 9.17) is 9.47 Å². The number of carbonyl (C=O) groups is 4. The number of nitrogens with zero attached hydrogens (tertiary/aromatic N) is 1. The van der Waals surface area contributed by atoms with Crippen molar-refractivity contribution in [2.75, 3.05) is 23.9 Å². The van der Waals surface area contributed by atoms with Crippen LogP contribution in [0.25, 0.3) is 6.08 Å². The highest BCUT2D eigenvalue weighted by atomic mass is 19.1. The van der Waals surface area contributed by atoms with Crippen molar-refractivity contribution in [1.29, 1.82) is 0 Å². The number of methoxy groups -OCH3 is 1. The minimum absolute atomic E-state index is 0.104. The zero-order valence-corrected chi connectivity index (χ0v) is 20.8. The van der Waals surface area contributed by atoms with Gasteiger partial charge in [0.2, 0.25) is 0 Å². The molecule has 3 aromatic carbocycles. The molecule has 0 bridgehead atoms. The Morgan fingerprint density at radius 2 is 1.74 bits per heavy atom. The van der Waals surface area contributed by atoms with Gasteiger partial charge in [-0.3, -0.25) is 19.7 Å². The third-order valence-corrected chi connectivity index (χ3v) is 5.71. The van der Waals surface area contributed by atoms with Gasteiger partial charge in [-0.2, -0.15) is 0 Å². The lowest BCUT2D eigenvalue weighted by Crippen LogP contribution is -2.54. The number of anilines is 2. The van der Waals surface area contributed by atoms with Gasteiger partial charge in [0.05, 0.1) is 12.8 Å². The number of hydrogen-bond acceptors (Lipinski definition) is 6. The van der Waals surface area contributed by atoms with E-state index < -0.39 is 23.7 Å². The first-order valence-electron chi connectivity index (χ1n) is 11.5. The number of halogens is 1. The summed E-state index contributed by atoms with van der Waals surface area (Å²) in [6.45, 7) is 3.54. The maximum atomic E-state index is 13.3. The van der Waals surface area contributed by atoms with Gasteiger partial charge in [-0.05, 0) is 79.1 Å². The minimum atomic E-state index is -0.941. The number of ether oxygens (including phenoxy) is 2. The molecule has 1 aliphatic rings. The molecule has 2 N–H and O–H groups in total. The van der Waals surface area contributed by atoms with Crippen molar-refractivity contribution in [3.05, 3.63) is 88.7 Å². The molecule has 0 radical (unpaired) electrons. The fourth-order valence-electron chi connectivity index (χ4n) is 3.74. The Labute approximate surface area is 217 Å². The third kappa shape index (κ3) is 5.70. The van der Waals surface area contributed by atoms with Gasteiger partial charge in [-0.25, -0.2) is 14.1 Å². The van der Waals surface area contributed by atoms with Crippen LogP contribution in [0.2, 0.25) is 0 Å². The molecule has 38 heavy (non-hydrogen) atoms. The van der Waals surface area contributed by atoms with Gasteiger partial charge in [0.25, 0.3) is 17.7 Å². The molecule has 0 aromatic heterocycles. The van der Waals surface area contributed by atoms with Crippen molar-refractivity contribution in [3.63, 3.8) is 0 Å². The molecular weight excluding hydrogens is 493 g/mol. The van der Waals surface area contributed by atoms with Gasteiger partial charge < -0.3 is 14.8 Å². The fraction of sp³-hybridized carbons (Fsp3) is 0.143. The second kappa shape index (κ2) is 11.0. The average Bonchev–Trinajstić information content (AvgIpc) is 2.88. The topological polar surface area (TPSA) is 114 Å². The zero-order valence-electron chi connectivity index (χ0n) is 20.8. The third-order valence-electron chi connectivity index (χ3n) is 5.71. The van der Waals surface area contributed by atoms with E-state index in [2.05, 4.69) is 10.6 Å². The number of amides is 5. The first kappa shape index (κ1) is 26.1. The first-order chi connectivity index (χ1) is 18.2. The summed E-state index contributed by atoms with van der Waals surface area (Å²) in [6, 6.07) is 14.1. The van der Waals surface area contributed by atoms with Crippen molar-refractivity contribution in [2.24, 2.45) is 0 Å². The summed E-state index contributed by atoms with van der Waals surface area (Å²) in [5, 5.41) is 4.92. The van der Waals surface area contributed by atoms with Crippen LogP contribution in [0.3, 0.4) is 0 Å². The predicted molar refractivity (Wildman–Crippen MR) is 138 cm³/mol. The van der Waals surface area contributed by atoms with E-state index >= 15 is 0 Å². The molecule has 10 heteroatoms. The molecule has 5 amide bonds. The van der Waals surface area contributed by atoms with E-state index in [0.717, 1.165) is 28.2 Å². The monoisotopic (exact) mass is 517 g/mol. The summed E-state index contributed by atoms with van der Waals surface area (Å²) in [5.41, 5.74) is 2.82. The molecule has 1 fully saturated rings. The maximum Gasteiger partial charge on any atom is 0.335 e. The summed E-state index contributed by atoms with van der Waals surface area (Å²) in [6.07, 6.45) is 1.29. The Balaban J connectivity index is 1.51. The quantitative estimate of drug-likeness (QED) is 0.360. The molecule has 0 unspecified atom stereocenters. The molecule has 4 rings (SSSR count). The van der Waals surface area contributed by atoms with Gasteiger partial charge in [0.15, 0.2) is 18.1 Å². The number of hydrogen-bond donors (Lipinski definition) is 2. The highest BCUT2D eigenvalue weighted by Crippen LogP contribution is 2.30. The first-order valence-corrected chi connectivity index (χ1v) is 11.5. The SMILES string of the molecule is COc1cc(/C=C2\C(=O)NC(=O)N(c3ccc(F)cc3)C2=O)ccc1OCC(=O)Nc1cc(C)ccc1C. The number of benzene rings is 3. The van der Waals surface area contributed by atoms with E-state index in [9.17, 15) is 23.6 Å². The summed E-state index contributed by atoms with van der Waals surface area (Å²) < 4.78 is 24.3. The van der Waals surface area contributed by atoms with E-state index in [-0.39, 0.29) is 35.3 Å². The predicted octanol–water partition coefficient (Wildman–Crippen LogP) is 4.14. The van der Waals surface area contributed by atoms with Gasteiger partial charge in [-0.15, -0.1) is 0 Å². The van der Waals surface area contributed by atoms with E-state index in [1.807, 2.05) is 32.0 Å². The smallest absolute Gasteiger partial charge is 0.335 e. The average molecular weight is 518 g/mol. The molecule has 0 atom stereocenters. The number of urea groups is 1. The largest absolute Gasteiger partial charge is 0.493 e. The number of carbonyl (C=O) groups excluding carboxylic acids is 4. The Morgan fingerprint density at radius 3 is 2.45 bits per heavy atom. The van der Waals surface area contributed by atoms with Gasteiger partial charge >= 0.3 is 6.03 Å². The molecule has 194 valence electrons. The van der Waals surface area contributed by atoms with Gasteiger partial charge in [0.1, 0.15) is 11.4 Å². The maximum absolute atomic E-state index is 13.3. The standard InChI is InChI=1S/C28H24FN3O6/c1-16-4-5-17(2)22(12-16)30-25(33)15-38-23-11-6-18(14-24(23)37-3)13-21-26(34)31-28(36)32(27(21)35)20-9-7-19(29)8-10-20/h4-14H,15H2,1-3H3,(H,30,33)(H,31,34,36)/b21-13+. The Hall–Kier alpha value is -4.99. The van der Waals surface area contributed by atoms with Crippen LogP contribution in [0, 0.1) is 19.7 Å². The molecule has 0 spiro atoms. The van der Waals surface area contributed by atoms with Gasteiger partial charge in [0, 0.05) is 5.69 Å². The Morgan fingerprint density at radius 1 is 1.00 bits per heavy atom. The highest BCUT2D eigenvalue weighted by molar-refractivity contribution is 6.39. The lowest BCUT2D eigenvalue weighted by Gasteiger charge is -2.26. The summed E-state index contributed by atoms with van der Waals surface area (Å²) in [5.74, 6) is -2.11. The number of aryl methyl sites for hydroxylation is 2. The molecule has 1 saturated heterocycles. The van der Waals surface area contributed by atoms with E-state index in [0.29, 0.717) is 11.3 Å². The zero-order chi connectivity index (χ0) is 27.4. The normalized spacial score (nSPS) is 14.4. The van der Waals surface area contributed by atoms with Gasteiger partial charge in [-0.1, -0.05) is 18.2 Å². The molecule has 1 heterocycles. The van der Waals surface area contributed by atoms with Crippen molar-refractivity contribution >= 4 is 41.2 Å². The molecule has 1 aliphatic heterocycles. The number of nitrogens with one attached hydrogen (secondary N) is 2. The van der Waals surface area contributed by atoms with E-state index in [1.165, 1.54) is 37.5 Å². The summed E-state index contributed by atoms with van der Waals surface area (Å²) in [7, 11) is 1.41. The molecule has 0 saturated carbocycles. The molecular formula is C28H24FN3O6. The van der Waals surface area contributed by atoms with Crippen molar-refractivity contribution in [1.82, 2.24) is 5.32 Å². The van der Waals surface area contributed by atoms with Crippen molar-refractivity contribution in [2.45, 2.75) is 13.8 Å². The second-order valence-corrected chi connectivity index (χ2v) is 8.50. The van der Waals surface area contributed by atoms with Crippen LogP contribution in [0.5, 0.6) is 11.5 Å². The van der Waals surface area contributed by atoms with Crippen LogP contribution in [0.15, 0.2) is 66.2 Å². The minimum Gasteiger partial charge on any atom is -0.493 e. The summed E-state index contributed by atoms with van der Waals surface area (Å²) >= 11 is 0. The van der Waals surface area contributed by atoms with E-state index in [1.54, 1.807) is 6.07 Å². The number of rotatable bonds is 7. The molecule has 0 aliphatic carbocycles. The fourth-order valence-corrected chi connectivity index (χ4v) is 3.74. The van der Waals surface area contributed by atoms with Crippen LogP contribution < -0.4 is 25.0 Å². The van der Waals surface area contributed by atoms with Crippen LogP contribution in [-0.2, 0) is 14.4 Å². The van der Waals surface area contributed by atoms with Crippen LogP contribution in [0.4, 0.5) is 20.6 Å². The lowest BCUT2D eigenvalue weighted by atomic mass is 10.1. The van der Waals surface area contributed by atoms with Crippen molar-refractivity contribution in [3.8, 4) is 11.5 Å². The van der Waals surface area contributed by atoms with Crippen LogP contribution >= 0.6 is 0 Å². The van der Waals surface area contributed by atoms with Crippen LogP contribution in [-0.4, -0.2) is 37.5 Å².